The molecule has 0 bridgehead atoms. The Morgan fingerprint density at radius 2 is 2.04 bits per heavy atom. The zero-order valence-corrected chi connectivity index (χ0v) is 14.1. The molecule has 0 aliphatic heterocycles. The van der Waals surface area contributed by atoms with Gasteiger partial charge in [-0.1, -0.05) is 19.1 Å². The molecule has 7 heteroatoms. The Balaban J connectivity index is 2.06. The summed E-state index contributed by atoms with van der Waals surface area (Å²) in [5, 5.41) is 0.557. The third kappa shape index (κ3) is 2.99. The van der Waals surface area contributed by atoms with Gasteiger partial charge in [0.25, 0.3) is 6.43 Å². The molecule has 126 valence electrons. The van der Waals surface area contributed by atoms with Gasteiger partial charge in [0.15, 0.2) is 5.58 Å². The van der Waals surface area contributed by atoms with Crippen LogP contribution in [0.25, 0.3) is 22.6 Å². The summed E-state index contributed by atoms with van der Waals surface area (Å²) in [5.41, 5.74) is 1.38. The van der Waals surface area contributed by atoms with Gasteiger partial charge in [-0.3, -0.25) is 4.57 Å². The van der Waals surface area contributed by atoms with Gasteiger partial charge in [-0.25, -0.2) is 13.8 Å². The van der Waals surface area contributed by atoms with Gasteiger partial charge in [-0.15, -0.1) is 0 Å². The standard InChI is InChI=1S/C17H16F2NO3P/c1-3-24(21,22-2)13-7-8-15-14(10-13)20-17(23-15)12-6-4-5-11(9-12)16(18)19/h4-10,16H,3H2,1-2H3. The highest BCUT2D eigenvalue weighted by Crippen LogP contribution is 2.44. The predicted molar refractivity (Wildman–Crippen MR) is 89.2 cm³/mol. The highest BCUT2D eigenvalue weighted by Gasteiger charge is 2.23. The van der Waals surface area contributed by atoms with Gasteiger partial charge in [-0.05, 0) is 30.3 Å². The Hall–Kier alpha value is -2.04. The molecule has 1 unspecified atom stereocenters. The van der Waals surface area contributed by atoms with E-state index in [0.717, 1.165) is 0 Å². The molecule has 1 atom stereocenters. The fourth-order valence-electron chi connectivity index (χ4n) is 2.48. The SMILES string of the molecule is CCP(=O)(OC)c1ccc2oc(-c3cccc(C(F)F)c3)nc2c1. The van der Waals surface area contributed by atoms with Crippen molar-refractivity contribution in [1.82, 2.24) is 4.98 Å². The van der Waals surface area contributed by atoms with Gasteiger partial charge in [-0.2, -0.15) is 0 Å². The van der Waals surface area contributed by atoms with E-state index in [4.69, 9.17) is 8.94 Å². The summed E-state index contributed by atoms with van der Waals surface area (Å²) in [4.78, 5) is 4.34. The van der Waals surface area contributed by atoms with Crippen LogP contribution in [-0.2, 0) is 9.09 Å². The first-order valence-corrected chi connectivity index (χ1v) is 9.22. The first-order chi connectivity index (χ1) is 11.5. The maximum absolute atomic E-state index is 12.8. The lowest BCUT2D eigenvalue weighted by atomic mass is 10.1. The molecule has 4 nitrogen and oxygen atoms in total. The molecule has 0 fully saturated rings. The number of hydrogen-bond acceptors (Lipinski definition) is 4. The molecule has 0 saturated carbocycles. The number of nitrogens with zero attached hydrogens (tertiary/aromatic N) is 1. The highest BCUT2D eigenvalue weighted by atomic mass is 31.2. The molecular weight excluding hydrogens is 335 g/mol. The van der Waals surface area contributed by atoms with Crippen molar-refractivity contribution in [3.63, 3.8) is 0 Å². The van der Waals surface area contributed by atoms with Crippen LogP contribution in [0.2, 0.25) is 0 Å². The number of fused-ring (bicyclic) bond motifs is 1. The van der Waals surface area contributed by atoms with E-state index in [1.54, 1.807) is 31.2 Å². The number of halogens is 2. The van der Waals surface area contributed by atoms with Crippen molar-refractivity contribution in [2.45, 2.75) is 13.3 Å². The molecule has 1 heterocycles. The summed E-state index contributed by atoms with van der Waals surface area (Å²) in [6.07, 6.45) is -2.19. The lowest BCUT2D eigenvalue weighted by molar-refractivity contribution is 0.151. The first kappa shape index (κ1) is 16.8. The average Bonchev–Trinajstić information content (AvgIpc) is 3.04. The highest BCUT2D eigenvalue weighted by molar-refractivity contribution is 7.66. The van der Waals surface area contributed by atoms with Crippen molar-refractivity contribution in [2.75, 3.05) is 13.3 Å². The minimum absolute atomic E-state index is 0.0923. The van der Waals surface area contributed by atoms with E-state index in [2.05, 4.69) is 4.98 Å². The van der Waals surface area contributed by atoms with Crippen LogP contribution in [0.5, 0.6) is 0 Å². The number of alkyl halides is 2. The van der Waals surface area contributed by atoms with Crippen molar-refractivity contribution in [2.24, 2.45) is 0 Å². The summed E-state index contributed by atoms with van der Waals surface area (Å²) in [6.45, 7) is 1.79. The quantitative estimate of drug-likeness (QED) is 0.607. The molecule has 24 heavy (non-hydrogen) atoms. The van der Waals surface area contributed by atoms with Crippen molar-refractivity contribution in [3.05, 3.63) is 48.0 Å². The lowest BCUT2D eigenvalue weighted by Gasteiger charge is -2.13. The fraction of sp³-hybridized carbons (Fsp3) is 0.235. The minimum atomic E-state index is -2.90. The number of aromatic nitrogens is 1. The maximum atomic E-state index is 12.8. The Morgan fingerprint density at radius 3 is 2.71 bits per heavy atom. The minimum Gasteiger partial charge on any atom is -0.436 e. The Kier molecular flexibility index (Phi) is 4.52. The summed E-state index contributed by atoms with van der Waals surface area (Å²) in [7, 11) is -1.49. The number of rotatable bonds is 5. The van der Waals surface area contributed by atoms with Crippen molar-refractivity contribution >= 4 is 23.8 Å². The molecular formula is C17H16F2NO3P. The van der Waals surface area contributed by atoms with Crippen molar-refractivity contribution in [1.29, 1.82) is 0 Å². The van der Waals surface area contributed by atoms with Gasteiger partial charge in [0, 0.05) is 29.7 Å². The van der Waals surface area contributed by atoms with Crippen LogP contribution in [0.3, 0.4) is 0 Å². The van der Waals surface area contributed by atoms with Gasteiger partial charge < -0.3 is 8.94 Å². The first-order valence-electron chi connectivity index (χ1n) is 7.41. The zero-order chi connectivity index (χ0) is 17.3. The smallest absolute Gasteiger partial charge is 0.263 e. The van der Waals surface area contributed by atoms with E-state index in [1.807, 2.05) is 0 Å². The molecule has 0 radical (unpaired) electrons. The molecule has 1 aromatic heterocycles. The topological polar surface area (TPSA) is 52.3 Å². The molecule has 2 aromatic carbocycles. The second kappa shape index (κ2) is 6.46. The van der Waals surface area contributed by atoms with E-state index in [-0.39, 0.29) is 11.5 Å². The molecule has 3 aromatic rings. The van der Waals surface area contributed by atoms with Crippen LogP contribution >= 0.6 is 7.37 Å². The predicted octanol–water partition coefficient (Wildman–Crippen LogP) is 5.00. The van der Waals surface area contributed by atoms with E-state index >= 15 is 0 Å². The largest absolute Gasteiger partial charge is 0.436 e. The van der Waals surface area contributed by atoms with Gasteiger partial charge in [0.2, 0.25) is 13.3 Å². The maximum Gasteiger partial charge on any atom is 0.263 e. The second-order valence-corrected chi connectivity index (χ2v) is 8.13. The third-order valence-electron chi connectivity index (χ3n) is 3.86. The normalized spacial score (nSPS) is 14.2. The van der Waals surface area contributed by atoms with E-state index in [0.29, 0.717) is 28.1 Å². The van der Waals surface area contributed by atoms with Crippen LogP contribution < -0.4 is 5.30 Å². The van der Waals surface area contributed by atoms with Gasteiger partial charge in [0.05, 0.1) is 0 Å². The number of hydrogen-bond donors (Lipinski definition) is 0. The van der Waals surface area contributed by atoms with Crippen LogP contribution in [0, 0.1) is 0 Å². The van der Waals surface area contributed by atoms with Crippen molar-refractivity contribution in [3.8, 4) is 11.5 Å². The lowest BCUT2D eigenvalue weighted by Crippen LogP contribution is -2.07. The zero-order valence-electron chi connectivity index (χ0n) is 13.2. The third-order valence-corrected chi connectivity index (χ3v) is 6.35. The molecule has 0 aliphatic carbocycles. The Morgan fingerprint density at radius 1 is 1.25 bits per heavy atom. The van der Waals surface area contributed by atoms with Crippen LogP contribution in [0.4, 0.5) is 8.78 Å². The second-order valence-electron chi connectivity index (χ2n) is 5.27. The number of oxazole rings is 1. The molecule has 0 saturated heterocycles. The molecule has 0 spiro atoms. The van der Waals surface area contributed by atoms with Gasteiger partial charge >= 0.3 is 0 Å². The Labute approximate surface area is 137 Å². The summed E-state index contributed by atoms with van der Waals surface area (Å²) in [6, 6.07) is 10.9. The summed E-state index contributed by atoms with van der Waals surface area (Å²) >= 11 is 0. The van der Waals surface area contributed by atoms with E-state index < -0.39 is 13.8 Å². The molecule has 0 aliphatic rings. The summed E-state index contributed by atoms with van der Waals surface area (Å²) < 4.78 is 49.1. The molecule has 0 amide bonds. The van der Waals surface area contributed by atoms with E-state index in [1.165, 1.54) is 25.3 Å². The monoisotopic (exact) mass is 351 g/mol. The van der Waals surface area contributed by atoms with Crippen LogP contribution in [0.15, 0.2) is 46.9 Å². The van der Waals surface area contributed by atoms with E-state index in [9.17, 15) is 13.3 Å². The molecule has 3 rings (SSSR count). The summed E-state index contributed by atoms with van der Waals surface area (Å²) in [5.74, 6) is 0.244. The Bertz CT molecular complexity index is 915. The van der Waals surface area contributed by atoms with Crippen LogP contribution in [-0.4, -0.2) is 18.3 Å². The fourth-order valence-corrected chi connectivity index (χ4v) is 3.93. The average molecular weight is 351 g/mol. The van der Waals surface area contributed by atoms with Gasteiger partial charge in [0.1, 0.15) is 5.52 Å². The molecule has 0 N–H and O–H groups in total. The van der Waals surface area contributed by atoms with Crippen molar-refractivity contribution < 1.29 is 22.3 Å². The number of benzene rings is 2. The van der Waals surface area contributed by atoms with Crippen LogP contribution in [0.1, 0.15) is 18.9 Å².